The molecular weight excluding hydrogens is 578 g/mol. The third-order valence-corrected chi connectivity index (χ3v) is 7.99. The zero-order valence-corrected chi connectivity index (χ0v) is 25.8. The van der Waals surface area contributed by atoms with Crippen LogP contribution in [0.4, 0.5) is 15.4 Å². The summed E-state index contributed by atoms with van der Waals surface area (Å²) in [5.74, 6) is 0.213. The SMILES string of the molecule is CC(C)(C)OC(=O)N(OC(=O)N1CCC(O)(c2ccc(Cl)nc2)CC1)C1CCN(CCCCn2ccc(N)nc2=O)CC1. The van der Waals surface area contributed by atoms with Gasteiger partial charge in [-0.1, -0.05) is 17.7 Å². The lowest BCUT2D eigenvalue weighted by molar-refractivity contribution is -0.145. The van der Waals surface area contributed by atoms with E-state index < -0.39 is 23.4 Å². The molecule has 0 aromatic carbocycles. The summed E-state index contributed by atoms with van der Waals surface area (Å²) in [6.07, 6.45) is 5.34. The molecule has 14 heteroatoms. The van der Waals surface area contributed by atoms with Crippen molar-refractivity contribution in [1.29, 1.82) is 0 Å². The number of pyridine rings is 1. The van der Waals surface area contributed by atoms with Gasteiger partial charge in [-0.15, -0.1) is 5.06 Å². The number of aryl methyl sites for hydroxylation is 1. The highest BCUT2D eigenvalue weighted by molar-refractivity contribution is 6.29. The Morgan fingerprint density at radius 1 is 1.12 bits per heavy atom. The van der Waals surface area contributed by atoms with Gasteiger partial charge in [0.15, 0.2) is 0 Å². The van der Waals surface area contributed by atoms with E-state index in [4.69, 9.17) is 26.9 Å². The summed E-state index contributed by atoms with van der Waals surface area (Å²) in [5, 5.41) is 12.6. The standard InChI is InChI=1S/C29H42ClN7O6/c1-28(2,3)42-27(40)37(43-26(39)36-18-11-29(41,12-19-36)21-6-7-23(30)32-20-21)22-8-15-34(16-9-22)13-4-5-14-35-17-10-24(31)33-25(35)38/h6-7,10,17,20,22,41H,4-5,8-9,11-16,18-19H2,1-3H3,(H2,31,33,38). The van der Waals surface area contributed by atoms with Crippen molar-refractivity contribution >= 4 is 29.6 Å². The highest BCUT2D eigenvalue weighted by Crippen LogP contribution is 2.33. The van der Waals surface area contributed by atoms with Gasteiger partial charge in [0, 0.05) is 50.7 Å². The van der Waals surface area contributed by atoms with E-state index in [1.165, 1.54) is 4.90 Å². The van der Waals surface area contributed by atoms with E-state index in [-0.39, 0.29) is 30.6 Å². The van der Waals surface area contributed by atoms with E-state index in [1.54, 1.807) is 55.9 Å². The Hall–Kier alpha value is -3.42. The number of unbranched alkanes of at least 4 members (excludes halogenated alkanes) is 1. The molecule has 0 bridgehead atoms. The predicted octanol–water partition coefficient (Wildman–Crippen LogP) is 3.39. The molecule has 2 aliphatic heterocycles. The number of halogens is 1. The van der Waals surface area contributed by atoms with Crippen LogP contribution in [0.3, 0.4) is 0 Å². The molecule has 2 amide bonds. The Morgan fingerprint density at radius 3 is 2.40 bits per heavy atom. The number of hydrogen-bond acceptors (Lipinski definition) is 10. The minimum Gasteiger partial charge on any atom is -0.442 e. The molecule has 43 heavy (non-hydrogen) atoms. The molecule has 0 unspecified atom stereocenters. The van der Waals surface area contributed by atoms with Gasteiger partial charge in [0.2, 0.25) is 0 Å². The van der Waals surface area contributed by atoms with Crippen molar-refractivity contribution in [3.05, 3.63) is 51.8 Å². The van der Waals surface area contributed by atoms with Gasteiger partial charge >= 0.3 is 17.9 Å². The molecule has 2 fully saturated rings. The van der Waals surface area contributed by atoms with Gasteiger partial charge in [0.05, 0.1) is 11.6 Å². The Labute approximate surface area is 256 Å². The molecule has 0 atom stereocenters. The number of ether oxygens (including phenoxy) is 1. The van der Waals surface area contributed by atoms with Crippen molar-refractivity contribution < 1.29 is 24.3 Å². The maximum Gasteiger partial charge on any atom is 0.444 e. The number of nitrogen functional groups attached to an aromatic ring is 1. The lowest BCUT2D eigenvalue weighted by Crippen LogP contribution is -2.52. The largest absolute Gasteiger partial charge is 0.444 e. The quantitative estimate of drug-likeness (QED) is 0.267. The van der Waals surface area contributed by atoms with Gasteiger partial charge < -0.3 is 30.2 Å². The first-order valence-corrected chi connectivity index (χ1v) is 15.1. The second-order valence-corrected chi connectivity index (χ2v) is 12.5. The summed E-state index contributed by atoms with van der Waals surface area (Å²) in [6.45, 7) is 8.63. The highest BCUT2D eigenvalue weighted by atomic mass is 35.5. The Morgan fingerprint density at radius 2 is 1.79 bits per heavy atom. The van der Waals surface area contributed by atoms with Crippen LogP contribution < -0.4 is 11.4 Å². The average molecular weight is 620 g/mol. The van der Waals surface area contributed by atoms with Crippen molar-refractivity contribution in [2.24, 2.45) is 0 Å². The summed E-state index contributed by atoms with van der Waals surface area (Å²) in [4.78, 5) is 55.6. The van der Waals surface area contributed by atoms with Crippen LogP contribution in [0, 0.1) is 0 Å². The van der Waals surface area contributed by atoms with Crippen LogP contribution >= 0.6 is 11.6 Å². The van der Waals surface area contributed by atoms with Crippen molar-refractivity contribution in [2.45, 2.75) is 83.1 Å². The summed E-state index contributed by atoms with van der Waals surface area (Å²) in [6, 6.07) is 4.64. The van der Waals surface area contributed by atoms with E-state index in [0.29, 0.717) is 42.9 Å². The molecule has 13 nitrogen and oxygen atoms in total. The molecule has 2 saturated heterocycles. The number of nitrogens with zero attached hydrogens (tertiary/aromatic N) is 6. The third-order valence-electron chi connectivity index (χ3n) is 7.77. The molecule has 2 aromatic rings. The number of carbonyl (C=O) groups excluding carboxylic acids is 2. The molecular formula is C29H42ClN7O6. The van der Waals surface area contributed by atoms with Crippen LogP contribution in [0.15, 0.2) is 35.4 Å². The Balaban J connectivity index is 1.29. The smallest absolute Gasteiger partial charge is 0.442 e. The van der Waals surface area contributed by atoms with E-state index >= 15 is 0 Å². The highest BCUT2D eigenvalue weighted by Gasteiger charge is 2.39. The normalized spacial score (nSPS) is 17.8. The number of likely N-dealkylation sites (tertiary alicyclic amines) is 2. The average Bonchev–Trinajstić information content (AvgIpc) is 2.95. The van der Waals surface area contributed by atoms with Gasteiger partial charge in [-0.3, -0.25) is 4.57 Å². The van der Waals surface area contributed by atoms with Crippen LogP contribution in [0.5, 0.6) is 0 Å². The summed E-state index contributed by atoms with van der Waals surface area (Å²) in [5.41, 5.74) is 3.95. The molecule has 0 saturated carbocycles. The Bertz CT molecular complexity index is 1300. The van der Waals surface area contributed by atoms with Gasteiger partial charge in [-0.25, -0.2) is 19.4 Å². The minimum atomic E-state index is -1.13. The number of aliphatic hydroxyl groups is 1. The predicted molar refractivity (Wildman–Crippen MR) is 160 cm³/mol. The molecule has 0 radical (unpaired) electrons. The molecule has 236 valence electrons. The van der Waals surface area contributed by atoms with Crippen molar-refractivity contribution in [1.82, 2.24) is 29.4 Å². The van der Waals surface area contributed by atoms with E-state index in [0.717, 1.165) is 37.5 Å². The lowest BCUT2D eigenvalue weighted by Gasteiger charge is -2.40. The second-order valence-electron chi connectivity index (χ2n) is 12.2. The van der Waals surface area contributed by atoms with E-state index in [9.17, 15) is 19.5 Å². The molecule has 0 aliphatic carbocycles. The zero-order valence-electron chi connectivity index (χ0n) is 25.1. The van der Waals surface area contributed by atoms with Gasteiger partial charge in [0.1, 0.15) is 16.6 Å². The maximum atomic E-state index is 13.2. The zero-order chi connectivity index (χ0) is 31.2. The number of anilines is 1. The fourth-order valence-electron chi connectivity index (χ4n) is 5.32. The van der Waals surface area contributed by atoms with Crippen molar-refractivity contribution in [3.8, 4) is 0 Å². The number of piperidine rings is 2. The van der Waals surface area contributed by atoms with Gasteiger partial charge in [0.25, 0.3) is 0 Å². The molecule has 0 spiro atoms. The first-order chi connectivity index (χ1) is 20.3. The van der Waals surface area contributed by atoms with Crippen LogP contribution in [0.2, 0.25) is 5.15 Å². The number of aromatic nitrogens is 3. The fourth-order valence-corrected chi connectivity index (χ4v) is 5.43. The topological polar surface area (TPSA) is 156 Å². The molecule has 2 aliphatic rings. The first-order valence-electron chi connectivity index (χ1n) is 14.7. The second kappa shape index (κ2) is 13.9. The third kappa shape index (κ3) is 9.04. The first kappa shape index (κ1) is 32.5. The van der Waals surface area contributed by atoms with E-state index in [1.807, 2.05) is 0 Å². The number of hydroxylamine groups is 2. The number of hydrogen-bond donors (Lipinski definition) is 2. The number of amides is 2. The molecule has 2 aromatic heterocycles. The summed E-state index contributed by atoms with van der Waals surface area (Å²) >= 11 is 5.88. The summed E-state index contributed by atoms with van der Waals surface area (Å²) in [7, 11) is 0. The van der Waals surface area contributed by atoms with Crippen molar-refractivity contribution in [2.75, 3.05) is 38.5 Å². The monoisotopic (exact) mass is 619 g/mol. The van der Waals surface area contributed by atoms with Crippen molar-refractivity contribution in [3.63, 3.8) is 0 Å². The van der Waals surface area contributed by atoms with Crippen LogP contribution in [0.25, 0.3) is 0 Å². The minimum absolute atomic E-state index is 0.213. The van der Waals surface area contributed by atoms with E-state index in [2.05, 4.69) is 14.9 Å². The van der Waals surface area contributed by atoms with Crippen LogP contribution in [0.1, 0.15) is 64.9 Å². The van der Waals surface area contributed by atoms with Gasteiger partial charge in [-0.05, 0) is 78.0 Å². The Kier molecular flexibility index (Phi) is 10.5. The summed E-state index contributed by atoms with van der Waals surface area (Å²) < 4.78 is 7.14. The number of rotatable bonds is 7. The van der Waals surface area contributed by atoms with Gasteiger partial charge in [-0.2, -0.15) is 4.98 Å². The van der Waals surface area contributed by atoms with Crippen LogP contribution in [-0.4, -0.2) is 91.1 Å². The molecule has 4 rings (SSSR count). The van der Waals surface area contributed by atoms with Crippen LogP contribution in [-0.2, 0) is 21.7 Å². The maximum absolute atomic E-state index is 13.2. The molecule has 4 heterocycles. The lowest BCUT2D eigenvalue weighted by atomic mass is 9.85. The fraction of sp³-hybridized carbons (Fsp3) is 0.621. The number of nitrogens with two attached hydrogens (primary N) is 1. The number of carbonyl (C=O) groups is 2. The molecule has 3 N–H and O–H groups in total.